The van der Waals surface area contributed by atoms with E-state index >= 15 is 0 Å². The molecule has 4 heteroatoms. The van der Waals surface area contributed by atoms with E-state index in [0.29, 0.717) is 0 Å². The number of ketones is 1. The number of halogens is 2. The van der Waals surface area contributed by atoms with Gasteiger partial charge >= 0.3 is 0 Å². The maximum absolute atomic E-state index is 13.4. The molecule has 0 aliphatic carbocycles. The predicted octanol–water partition coefficient (Wildman–Crippen LogP) is 4.18. The highest BCUT2D eigenvalue weighted by atomic mass is 32.2. The molecular formula is C16H14F2OS. The van der Waals surface area contributed by atoms with Crippen LogP contribution in [0.3, 0.4) is 0 Å². The lowest BCUT2D eigenvalue weighted by atomic mass is 10.1. The monoisotopic (exact) mass is 292 g/mol. The summed E-state index contributed by atoms with van der Waals surface area (Å²) < 4.78 is 26.4. The summed E-state index contributed by atoms with van der Waals surface area (Å²) in [7, 11) is 0. The van der Waals surface area contributed by atoms with Crippen molar-refractivity contribution in [3.63, 3.8) is 0 Å². The van der Waals surface area contributed by atoms with Gasteiger partial charge in [0.15, 0.2) is 0 Å². The zero-order valence-electron chi connectivity index (χ0n) is 11.0. The Balaban J connectivity index is 1.94. The summed E-state index contributed by atoms with van der Waals surface area (Å²) in [5.41, 5.74) is 1.23. The number of rotatable bonds is 5. The van der Waals surface area contributed by atoms with E-state index in [2.05, 4.69) is 0 Å². The molecule has 0 saturated heterocycles. The highest BCUT2D eigenvalue weighted by Gasteiger charge is 2.10. The second-order valence-electron chi connectivity index (χ2n) is 4.56. The summed E-state index contributed by atoms with van der Waals surface area (Å²) >= 11 is 1.41. The Morgan fingerprint density at radius 2 is 1.95 bits per heavy atom. The van der Waals surface area contributed by atoms with Gasteiger partial charge in [0, 0.05) is 11.3 Å². The Hall–Kier alpha value is -1.68. The topological polar surface area (TPSA) is 17.1 Å². The number of carbonyl (C=O) groups excluding carboxylic acids is 1. The first kappa shape index (κ1) is 14.7. The molecule has 2 rings (SSSR count). The molecule has 20 heavy (non-hydrogen) atoms. The molecule has 0 fully saturated rings. The van der Waals surface area contributed by atoms with Crippen molar-refractivity contribution >= 4 is 17.5 Å². The average Bonchev–Trinajstić information content (AvgIpc) is 2.41. The second-order valence-corrected chi connectivity index (χ2v) is 5.61. The van der Waals surface area contributed by atoms with E-state index in [1.807, 2.05) is 31.2 Å². The van der Waals surface area contributed by atoms with E-state index in [4.69, 9.17) is 0 Å². The van der Waals surface area contributed by atoms with Crippen LogP contribution in [0.15, 0.2) is 47.4 Å². The molecule has 0 saturated carbocycles. The Kier molecular flexibility index (Phi) is 4.90. The molecule has 0 bridgehead atoms. The van der Waals surface area contributed by atoms with Gasteiger partial charge in [-0.15, -0.1) is 11.8 Å². The van der Waals surface area contributed by atoms with E-state index in [1.54, 1.807) is 0 Å². The van der Waals surface area contributed by atoms with Crippen molar-refractivity contribution in [3.05, 3.63) is 65.2 Å². The number of benzene rings is 2. The van der Waals surface area contributed by atoms with Crippen LogP contribution in [0, 0.1) is 18.6 Å². The van der Waals surface area contributed by atoms with Gasteiger partial charge in [-0.1, -0.05) is 17.7 Å². The fraction of sp³-hybridized carbons (Fsp3) is 0.188. The first-order valence-corrected chi connectivity index (χ1v) is 7.18. The van der Waals surface area contributed by atoms with Crippen LogP contribution in [0.2, 0.25) is 0 Å². The van der Waals surface area contributed by atoms with Crippen molar-refractivity contribution in [2.45, 2.75) is 18.2 Å². The number of Topliss-reactive ketones (excluding diaryl/α,β-unsaturated/α-hetero) is 1. The van der Waals surface area contributed by atoms with Gasteiger partial charge in [0.05, 0.1) is 5.75 Å². The second kappa shape index (κ2) is 6.66. The summed E-state index contributed by atoms with van der Waals surface area (Å²) in [4.78, 5) is 12.8. The van der Waals surface area contributed by atoms with E-state index < -0.39 is 11.6 Å². The lowest BCUT2D eigenvalue weighted by molar-refractivity contribution is -0.116. The van der Waals surface area contributed by atoms with Crippen LogP contribution >= 0.6 is 11.8 Å². The summed E-state index contributed by atoms with van der Waals surface area (Å²) in [6.45, 7) is 1.98. The van der Waals surface area contributed by atoms with Gasteiger partial charge in [-0.25, -0.2) is 8.78 Å². The van der Waals surface area contributed by atoms with Crippen molar-refractivity contribution in [2.24, 2.45) is 0 Å². The molecule has 0 unspecified atom stereocenters. The number of thioether (sulfide) groups is 1. The molecule has 0 aromatic heterocycles. The Morgan fingerprint density at radius 3 is 2.70 bits per heavy atom. The molecule has 1 nitrogen and oxygen atoms in total. The number of carbonyl (C=O) groups is 1. The standard InChI is InChI=1S/C16H14F2OS/c1-11-3-2-4-15(7-11)20-10-14(19)9-12-8-13(17)5-6-16(12)18/h2-8H,9-10H2,1H3. The molecule has 0 N–H and O–H groups in total. The van der Waals surface area contributed by atoms with Crippen molar-refractivity contribution in [3.8, 4) is 0 Å². The number of hydrogen-bond acceptors (Lipinski definition) is 2. The van der Waals surface area contributed by atoms with E-state index in [0.717, 1.165) is 28.7 Å². The first-order valence-electron chi connectivity index (χ1n) is 6.19. The molecule has 0 atom stereocenters. The fourth-order valence-electron chi connectivity index (χ4n) is 1.81. The Morgan fingerprint density at radius 1 is 1.15 bits per heavy atom. The molecule has 0 amide bonds. The van der Waals surface area contributed by atoms with Crippen LogP contribution in [-0.2, 0) is 11.2 Å². The van der Waals surface area contributed by atoms with Crippen molar-refractivity contribution in [1.82, 2.24) is 0 Å². The summed E-state index contributed by atoms with van der Waals surface area (Å²) in [6, 6.07) is 11.0. The first-order chi connectivity index (χ1) is 9.54. The smallest absolute Gasteiger partial charge is 0.147 e. The average molecular weight is 292 g/mol. The molecule has 2 aromatic rings. The molecule has 0 heterocycles. The van der Waals surface area contributed by atoms with Gasteiger partial charge < -0.3 is 0 Å². The van der Waals surface area contributed by atoms with Crippen LogP contribution in [0.5, 0.6) is 0 Å². The SMILES string of the molecule is Cc1cccc(SCC(=O)Cc2cc(F)ccc2F)c1. The lowest BCUT2D eigenvalue weighted by Gasteiger charge is -2.04. The van der Waals surface area contributed by atoms with Gasteiger partial charge in [0.2, 0.25) is 0 Å². The fourth-order valence-corrected chi connectivity index (χ4v) is 2.68. The van der Waals surface area contributed by atoms with Crippen LogP contribution in [0.25, 0.3) is 0 Å². The summed E-state index contributed by atoms with van der Waals surface area (Å²) in [6.07, 6.45) is -0.0809. The summed E-state index contributed by atoms with van der Waals surface area (Å²) in [5, 5.41) is 0. The quantitative estimate of drug-likeness (QED) is 0.769. The number of hydrogen-bond donors (Lipinski definition) is 0. The normalized spacial score (nSPS) is 10.6. The van der Waals surface area contributed by atoms with E-state index in [-0.39, 0.29) is 23.5 Å². The van der Waals surface area contributed by atoms with Crippen LogP contribution in [0.1, 0.15) is 11.1 Å². The van der Waals surface area contributed by atoms with Crippen molar-refractivity contribution in [2.75, 3.05) is 5.75 Å². The third-order valence-corrected chi connectivity index (χ3v) is 3.84. The van der Waals surface area contributed by atoms with Gasteiger partial charge in [-0.3, -0.25) is 4.79 Å². The molecule has 0 aliphatic heterocycles. The van der Waals surface area contributed by atoms with Crippen molar-refractivity contribution < 1.29 is 13.6 Å². The minimum absolute atomic E-state index is 0.0809. The predicted molar refractivity (Wildman–Crippen MR) is 77.0 cm³/mol. The molecular weight excluding hydrogens is 278 g/mol. The maximum Gasteiger partial charge on any atom is 0.147 e. The summed E-state index contributed by atoms with van der Waals surface area (Å²) in [5.74, 6) is -0.943. The Bertz CT molecular complexity index is 626. The molecule has 2 aromatic carbocycles. The number of aryl methyl sites for hydroxylation is 1. The lowest BCUT2D eigenvalue weighted by Crippen LogP contribution is -2.07. The molecule has 0 spiro atoms. The minimum Gasteiger partial charge on any atom is -0.298 e. The maximum atomic E-state index is 13.4. The van der Waals surface area contributed by atoms with Gasteiger partial charge in [-0.05, 0) is 42.8 Å². The zero-order valence-corrected chi connectivity index (χ0v) is 11.8. The third kappa shape index (κ3) is 4.17. The van der Waals surface area contributed by atoms with Crippen molar-refractivity contribution in [1.29, 1.82) is 0 Å². The van der Waals surface area contributed by atoms with Crippen LogP contribution in [-0.4, -0.2) is 11.5 Å². The van der Waals surface area contributed by atoms with Crippen LogP contribution in [0.4, 0.5) is 8.78 Å². The van der Waals surface area contributed by atoms with Gasteiger partial charge in [-0.2, -0.15) is 0 Å². The largest absolute Gasteiger partial charge is 0.298 e. The van der Waals surface area contributed by atoms with Gasteiger partial charge in [0.1, 0.15) is 17.4 Å². The zero-order chi connectivity index (χ0) is 14.5. The molecule has 0 aliphatic rings. The van der Waals surface area contributed by atoms with Crippen LogP contribution < -0.4 is 0 Å². The molecule has 0 radical (unpaired) electrons. The molecule has 104 valence electrons. The van der Waals surface area contributed by atoms with E-state index in [1.165, 1.54) is 11.8 Å². The Labute approximate surface area is 121 Å². The third-order valence-electron chi connectivity index (χ3n) is 2.78. The van der Waals surface area contributed by atoms with E-state index in [9.17, 15) is 13.6 Å². The minimum atomic E-state index is -0.541. The van der Waals surface area contributed by atoms with Gasteiger partial charge in [0.25, 0.3) is 0 Å². The highest BCUT2D eigenvalue weighted by molar-refractivity contribution is 8.00. The highest BCUT2D eigenvalue weighted by Crippen LogP contribution is 2.20.